The number of nitrogens with zero attached hydrogens (tertiary/aromatic N) is 3. The number of nitrogen functional groups attached to an aromatic ring is 2. The Morgan fingerprint density at radius 1 is 0.758 bits per heavy atom. The molecule has 2 aromatic heterocycles. The summed E-state index contributed by atoms with van der Waals surface area (Å²) < 4.78 is 13.6. The van der Waals surface area contributed by atoms with Crippen molar-refractivity contribution < 1.29 is 4.39 Å². The maximum atomic E-state index is 13.6. The zero-order valence-electron chi connectivity index (χ0n) is 17.3. The Labute approximate surface area is 194 Å². The number of nitrogens with two attached hydrogens (primary N) is 2. The molecule has 0 unspecified atom stereocenters. The van der Waals surface area contributed by atoms with Crippen LogP contribution >= 0.6 is 11.6 Å². The Bertz CT molecular complexity index is 1490. The summed E-state index contributed by atoms with van der Waals surface area (Å²) in [6.07, 6.45) is 0. The average Bonchev–Trinajstić information content (AvgIpc) is 2.79. The number of pyridine rings is 1. The molecule has 162 valence electrons. The van der Waals surface area contributed by atoms with E-state index in [1.807, 2.05) is 30.3 Å². The van der Waals surface area contributed by atoms with Gasteiger partial charge in [-0.1, -0.05) is 35.9 Å². The third-order valence-corrected chi connectivity index (χ3v) is 5.37. The highest BCUT2D eigenvalue weighted by Gasteiger charge is 2.10. The molecule has 5 aromatic rings. The van der Waals surface area contributed by atoms with Gasteiger partial charge in [-0.15, -0.1) is 0 Å². The molecule has 6 nitrogen and oxygen atoms in total. The molecular formula is C25H18ClFN6. The van der Waals surface area contributed by atoms with Crippen molar-refractivity contribution in [3.63, 3.8) is 0 Å². The summed E-state index contributed by atoms with van der Waals surface area (Å²) in [4.78, 5) is 13.2. The number of hydrogen-bond acceptors (Lipinski definition) is 6. The number of benzene rings is 3. The number of halogens is 2. The lowest BCUT2D eigenvalue weighted by Crippen LogP contribution is -2.02. The van der Waals surface area contributed by atoms with Crippen LogP contribution < -0.4 is 16.8 Å². The Morgan fingerprint density at radius 2 is 1.55 bits per heavy atom. The Morgan fingerprint density at radius 3 is 2.33 bits per heavy atom. The molecule has 3 aromatic carbocycles. The van der Waals surface area contributed by atoms with Crippen molar-refractivity contribution in [1.29, 1.82) is 0 Å². The van der Waals surface area contributed by atoms with E-state index >= 15 is 0 Å². The van der Waals surface area contributed by atoms with Crippen LogP contribution in [0.5, 0.6) is 0 Å². The van der Waals surface area contributed by atoms with Crippen LogP contribution in [0.15, 0.2) is 78.9 Å². The standard InChI is InChI=1S/C25H18ClFN6/c26-16-6-4-14(5-7-16)23-13-24(33-25(29)32-23)30-18-8-9-21-19(11-18)20(28)12-22(31-21)15-2-1-3-17(27)10-15/h1-13H,(H2,28,31)(H3,29,30,32,33). The van der Waals surface area contributed by atoms with Gasteiger partial charge in [-0.05, 0) is 48.5 Å². The molecule has 0 bridgehead atoms. The highest BCUT2D eigenvalue weighted by molar-refractivity contribution is 6.30. The average molecular weight is 457 g/mol. The molecule has 8 heteroatoms. The first-order chi connectivity index (χ1) is 15.9. The van der Waals surface area contributed by atoms with Gasteiger partial charge in [0.15, 0.2) is 0 Å². The van der Waals surface area contributed by atoms with E-state index < -0.39 is 0 Å². The highest BCUT2D eigenvalue weighted by atomic mass is 35.5. The van der Waals surface area contributed by atoms with E-state index in [0.717, 1.165) is 16.6 Å². The molecule has 0 aliphatic rings. The molecule has 0 aliphatic heterocycles. The molecule has 0 saturated carbocycles. The van der Waals surface area contributed by atoms with E-state index in [2.05, 4.69) is 20.3 Å². The van der Waals surface area contributed by atoms with Crippen molar-refractivity contribution in [2.24, 2.45) is 0 Å². The Kier molecular flexibility index (Phi) is 5.24. The summed E-state index contributed by atoms with van der Waals surface area (Å²) in [5.74, 6) is 0.357. The van der Waals surface area contributed by atoms with Gasteiger partial charge in [0.2, 0.25) is 5.95 Å². The molecule has 2 heterocycles. The smallest absolute Gasteiger partial charge is 0.222 e. The fraction of sp³-hybridized carbons (Fsp3) is 0. The Balaban J connectivity index is 1.48. The van der Waals surface area contributed by atoms with Crippen LogP contribution in [-0.4, -0.2) is 15.0 Å². The predicted octanol–water partition coefficient (Wildman–Crippen LogP) is 6.06. The van der Waals surface area contributed by atoms with Crippen molar-refractivity contribution in [3.05, 3.63) is 89.7 Å². The zero-order valence-corrected chi connectivity index (χ0v) is 18.0. The number of nitrogens with one attached hydrogen (secondary N) is 1. The van der Waals surface area contributed by atoms with Crippen LogP contribution in [0.1, 0.15) is 0 Å². The molecule has 5 N–H and O–H groups in total. The first-order valence-corrected chi connectivity index (χ1v) is 10.5. The summed E-state index contributed by atoms with van der Waals surface area (Å²) >= 11 is 5.98. The SMILES string of the molecule is Nc1nc(Nc2ccc3nc(-c4cccc(F)c4)cc(N)c3c2)cc(-c2ccc(Cl)cc2)n1. The van der Waals surface area contributed by atoms with Crippen LogP contribution in [0, 0.1) is 5.82 Å². The normalized spacial score (nSPS) is 11.0. The predicted molar refractivity (Wildman–Crippen MR) is 132 cm³/mol. The summed E-state index contributed by atoms with van der Waals surface area (Å²) in [6.45, 7) is 0. The minimum absolute atomic E-state index is 0.145. The molecule has 33 heavy (non-hydrogen) atoms. The van der Waals surface area contributed by atoms with E-state index in [4.69, 9.17) is 23.1 Å². The van der Waals surface area contributed by atoms with Gasteiger partial charge in [0.1, 0.15) is 11.6 Å². The van der Waals surface area contributed by atoms with E-state index in [0.29, 0.717) is 39.0 Å². The van der Waals surface area contributed by atoms with Gasteiger partial charge >= 0.3 is 0 Å². The lowest BCUT2D eigenvalue weighted by Gasteiger charge is -2.11. The van der Waals surface area contributed by atoms with Crippen LogP contribution in [0.2, 0.25) is 5.02 Å². The quantitative estimate of drug-likeness (QED) is 0.304. The molecule has 0 saturated heterocycles. The van der Waals surface area contributed by atoms with Crippen LogP contribution in [0.4, 0.5) is 27.5 Å². The van der Waals surface area contributed by atoms with E-state index in [-0.39, 0.29) is 11.8 Å². The molecular weight excluding hydrogens is 439 g/mol. The van der Waals surface area contributed by atoms with Crippen molar-refractivity contribution in [2.45, 2.75) is 0 Å². The molecule has 5 rings (SSSR count). The first kappa shape index (κ1) is 20.7. The second-order valence-electron chi connectivity index (χ2n) is 7.47. The van der Waals surface area contributed by atoms with Crippen molar-refractivity contribution in [1.82, 2.24) is 15.0 Å². The molecule has 0 amide bonds. The van der Waals surface area contributed by atoms with Crippen molar-refractivity contribution in [3.8, 4) is 22.5 Å². The molecule has 0 aliphatic carbocycles. The number of anilines is 4. The first-order valence-electron chi connectivity index (χ1n) is 10.1. The summed E-state index contributed by atoms with van der Waals surface area (Å²) in [6, 6.07) is 22.7. The largest absolute Gasteiger partial charge is 0.398 e. The van der Waals surface area contributed by atoms with E-state index in [1.165, 1.54) is 12.1 Å². The molecule has 0 fully saturated rings. The van der Waals surface area contributed by atoms with Gasteiger partial charge in [-0.25, -0.2) is 14.4 Å². The molecule has 0 atom stereocenters. The molecule has 0 radical (unpaired) electrons. The fourth-order valence-electron chi connectivity index (χ4n) is 3.57. The van der Waals surface area contributed by atoms with Gasteiger partial charge in [0.05, 0.1) is 16.9 Å². The van der Waals surface area contributed by atoms with Crippen LogP contribution in [0.3, 0.4) is 0 Å². The second kappa shape index (κ2) is 8.37. The lowest BCUT2D eigenvalue weighted by atomic mass is 10.1. The van der Waals surface area contributed by atoms with Crippen LogP contribution in [-0.2, 0) is 0 Å². The minimum atomic E-state index is -0.324. The third-order valence-electron chi connectivity index (χ3n) is 5.12. The third kappa shape index (κ3) is 4.40. The monoisotopic (exact) mass is 456 g/mol. The summed E-state index contributed by atoms with van der Waals surface area (Å²) in [5, 5.41) is 4.65. The van der Waals surface area contributed by atoms with E-state index in [9.17, 15) is 4.39 Å². The van der Waals surface area contributed by atoms with Gasteiger partial charge in [-0.2, -0.15) is 4.98 Å². The summed E-state index contributed by atoms with van der Waals surface area (Å²) in [7, 11) is 0. The van der Waals surface area contributed by atoms with Crippen molar-refractivity contribution >= 4 is 45.6 Å². The number of rotatable bonds is 4. The number of fused-ring (bicyclic) bond motifs is 1. The number of hydrogen-bond donors (Lipinski definition) is 3. The maximum Gasteiger partial charge on any atom is 0.222 e. The second-order valence-corrected chi connectivity index (χ2v) is 7.90. The highest BCUT2D eigenvalue weighted by Crippen LogP contribution is 2.30. The molecule has 0 spiro atoms. The number of aromatic nitrogens is 3. The maximum absolute atomic E-state index is 13.6. The van der Waals surface area contributed by atoms with Crippen molar-refractivity contribution in [2.75, 3.05) is 16.8 Å². The van der Waals surface area contributed by atoms with Gasteiger partial charge < -0.3 is 16.8 Å². The lowest BCUT2D eigenvalue weighted by molar-refractivity contribution is 0.628. The minimum Gasteiger partial charge on any atom is -0.398 e. The fourth-order valence-corrected chi connectivity index (χ4v) is 3.70. The van der Waals surface area contributed by atoms with Gasteiger partial charge in [-0.3, -0.25) is 0 Å². The topological polar surface area (TPSA) is 103 Å². The van der Waals surface area contributed by atoms with Gasteiger partial charge in [0, 0.05) is 39.0 Å². The van der Waals surface area contributed by atoms with Gasteiger partial charge in [0.25, 0.3) is 0 Å². The summed E-state index contributed by atoms with van der Waals surface area (Å²) in [5.41, 5.74) is 17.0. The Hall–Kier alpha value is -4.23. The zero-order chi connectivity index (χ0) is 22.9. The van der Waals surface area contributed by atoms with Crippen LogP contribution in [0.25, 0.3) is 33.4 Å². The van der Waals surface area contributed by atoms with E-state index in [1.54, 1.807) is 36.4 Å².